The summed E-state index contributed by atoms with van der Waals surface area (Å²) in [7, 11) is 0. The third kappa shape index (κ3) is 32.7. The molecule has 32 heteroatoms. The number of halogens is 27. The van der Waals surface area contributed by atoms with E-state index >= 15 is 0 Å². The number of ether oxygens (including phenoxy) is 5. The van der Waals surface area contributed by atoms with Crippen LogP contribution in [0.3, 0.4) is 0 Å². The molecule has 0 aliphatic carbocycles. The summed E-state index contributed by atoms with van der Waals surface area (Å²) in [6, 6.07) is 39.1. The fourth-order valence-electron chi connectivity index (χ4n) is 10.6. The Hall–Kier alpha value is -10.7. The SMILES string of the molecule is Cc1cc(F)c(-c2cc(F)c(OCCCC(F)(F)F)c(F)c2)c(F)c1.Cc1ccc(-c2cc(F)c(OCCCC(F)(F)F)c(F)c2)c(F)c1.Cc1ccc(-c2cc(F)c(OCCCC(F)(F)F)c(F)c2)cc1.Cc1ccc(-c2ccc(OCCCC(F)(F)F)c(F)c2)c(F)c1.Cc1ccc(-c2ccc(OCCCC(F)(F)F)c(F)c2)cc1. The molecule has 632 valence electrons. The Bertz CT molecular complexity index is 4770. The van der Waals surface area contributed by atoms with Crippen LogP contribution in [-0.2, 0) is 0 Å². The Labute approximate surface area is 654 Å². The van der Waals surface area contributed by atoms with Crippen molar-refractivity contribution in [2.75, 3.05) is 33.0 Å². The minimum absolute atomic E-state index is 0.0158. The topological polar surface area (TPSA) is 46.2 Å². The number of aryl methyl sites for hydroxylation is 5. The van der Waals surface area contributed by atoms with Crippen molar-refractivity contribution in [1.82, 2.24) is 0 Å². The van der Waals surface area contributed by atoms with Gasteiger partial charge in [0.05, 0.1) is 38.6 Å². The highest BCUT2D eigenvalue weighted by molar-refractivity contribution is 5.69. The number of benzene rings is 10. The Balaban J connectivity index is 0.000000227. The second-order valence-corrected chi connectivity index (χ2v) is 26.2. The highest BCUT2D eigenvalue weighted by Crippen LogP contribution is 2.38. The molecule has 0 unspecified atom stereocenters. The predicted molar refractivity (Wildman–Crippen MR) is 386 cm³/mol. The maximum Gasteiger partial charge on any atom is 0.389 e. The van der Waals surface area contributed by atoms with Gasteiger partial charge in [-0.1, -0.05) is 96.1 Å². The third-order valence-corrected chi connectivity index (χ3v) is 16.3. The van der Waals surface area contributed by atoms with Crippen molar-refractivity contribution in [1.29, 1.82) is 0 Å². The average Bonchev–Trinajstić information content (AvgIpc) is 0.796. The van der Waals surface area contributed by atoms with Gasteiger partial charge in [-0.05, 0) is 207 Å². The zero-order valence-electron chi connectivity index (χ0n) is 62.5. The van der Waals surface area contributed by atoms with E-state index in [-0.39, 0.29) is 66.2 Å². The van der Waals surface area contributed by atoms with Gasteiger partial charge in [-0.15, -0.1) is 0 Å². The molecule has 0 aliphatic rings. The first-order chi connectivity index (χ1) is 54.6. The molecule has 0 atom stereocenters. The Kier molecular flexibility index (Phi) is 34.9. The van der Waals surface area contributed by atoms with Crippen LogP contribution in [-0.4, -0.2) is 63.9 Å². The fourth-order valence-corrected chi connectivity index (χ4v) is 10.6. The highest BCUT2D eigenvalue weighted by Gasteiger charge is 2.31. The van der Waals surface area contributed by atoms with Crippen LogP contribution in [0, 0.1) is 104 Å². The van der Waals surface area contributed by atoms with Crippen LogP contribution < -0.4 is 23.7 Å². The summed E-state index contributed by atoms with van der Waals surface area (Å²) in [5.74, 6) is -13.5. The molecule has 0 amide bonds. The number of hydrogen-bond donors (Lipinski definition) is 0. The minimum atomic E-state index is -4.40. The quantitative estimate of drug-likeness (QED) is 0.0421. The zero-order chi connectivity index (χ0) is 86.9. The van der Waals surface area contributed by atoms with E-state index in [1.807, 2.05) is 50.2 Å². The molecule has 0 saturated heterocycles. The fraction of sp³-hybridized carbons (Fsp3) is 0.294. The average molecular weight is 1690 g/mol. The van der Waals surface area contributed by atoms with Crippen LogP contribution in [0.2, 0.25) is 0 Å². The van der Waals surface area contributed by atoms with E-state index in [4.69, 9.17) is 23.7 Å². The van der Waals surface area contributed by atoms with Gasteiger partial charge in [0.25, 0.3) is 0 Å². The monoisotopic (exact) mass is 1690 g/mol. The van der Waals surface area contributed by atoms with Crippen LogP contribution in [0.25, 0.3) is 55.6 Å². The van der Waals surface area contributed by atoms with Crippen LogP contribution >= 0.6 is 0 Å². The molecular formula is C85H73F27O5. The molecule has 0 fully saturated rings. The van der Waals surface area contributed by atoms with E-state index in [2.05, 4.69) is 0 Å². The molecule has 0 radical (unpaired) electrons. The second-order valence-electron chi connectivity index (χ2n) is 26.2. The van der Waals surface area contributed by atoms with E-state index in [9.17, 15) is 119 Å². The lowest BCUT2D eigenvalue weighted by molar-refractivity contribution is -0.137. The maximum atomic E-state index is 14.0. The van der Waals surface area contributed by atoms with Crippen LogP contribution in [0.5, 0.6) is 28.7 Å². The number of hydrogen-bond acceptors (Lipinski definition) is 5. The summed E-state index contributed by atoms with van der Waals surface area (Å²) in [6.45, 7) is 6.87. The van der Waals surface area contributed by atoms with E-state index in [1.54, 1.807) is 50.2 Å². The molecule has 0 heterocycles. The standard InChI is InChI=1S/C17H13F7O.C17H14F6O.2C17H15F5O.C17H16F4O/c1-9-5-11(18)15(12(19)6-9)10-7-13(20)16(14(21)8-10)25-4-2-3-17(22,23)24;1-10-3-4-12(13(18)7-10)11-8-14(19)16(15(20)9-11)24-6-2-5-17(21,22)23;1-11-3-5-13(14(18)9-11)12-4-6-16(15(19)10-12)23-8-2-7-17(20,21)22;1-11-3-5-12(6-4-11)13-9-14(18)16(15(19)10-13)23-8-2-7-17(20,21)22;1-12-3-5-13(6-4-12)14-7-8-16(15(18)11-14)22-10-2-9-17(19,20)21/h5-8H,2-4H2,1H3;3-4,7-9H,2,5-6H2,1H3;2*3-6,9-10H,2,7-8H2,1H3;3-8,11H,2,9-10H2,1H3. The summed E-state index contributed by atoms with van der Waals surface area (Å²) in [5.41, 5.74) is 5.94. The van der Waals surface area contributed by atoms with Crippen molar-refractivity contribution in [2.45, 2.75) is 130 Å². The summed E-state index contributed by atoms with van der Waals surface area (Å²) >= 11 is 0. The normalized spacial score (nSPS) is 11.6. The molecule has 0 N–H and O–H groups in total. The van der Waals surface area contributed by atoms with Crippen molar-refractivity contribution < 1.29 is 142 Å². The van der Waals surface area contributed by atoms with Gasteiger partial charge in [0.15, 0.2) is 75.3 Å². The van der Waals surface area contributed by atoms with Gasteiger partial charge in [-0.3, -0.25) is 0 Å². The minimum Gasteiger partial charge on any atom is -0.491 e. The third-order valence-electron chi connectivity index (χ3n) is 16.3. The van der Waals surface area contributed by atoms with Gasteiger partial charge in [0, 0.05) is 43.2 Å². The first-order valence-electron chi connectivity index (χ1n) is 35.3. The lowest BCUT2D eigenvalue weighted by Crippen LogP contribution is -2.10. The molecule has 0 saturated carbocycles. The Morgan fingerprint density at radius 2 is 0.453 bits per heavy atom. The zero-order valence-corrected chi connectivity index (χ0v) is 62.5. The van der Waals surface area contributed by atoms with Gasteiger partial charge < -0.3 is 23.7 Å². The van der Waals surface area contributed by atoms with Gasteiger partial charge in [-0.2, -0.15) is 65.9 Å². The molecule has 0 aliphatic heterocycles. The molecule has 10 aromatic rings. The molecule has 0 bridgehead atoms. The first kappa shape index (κ1) is 95.2. The summed E-state index contributed by atoms with van der Waals surface area (Å²) in [6.07, 6.45) is -28.5. The lowest BCUT2D eigenvalue weighted by atomic mass is 10.0. The largest absolute Gasteiger partial charge is 0.491 e. The van der Waals surface area contributed by atoms with Gasteiger partial charge in [-0.25, -0.2) is 52.7 Å². The van der Waals surface area contributed by atoms with Crippen molar-refractivity contribution in [2.24, 2.45) is 0 Å². The highest BCUT2D eigenvalue weighted by atomic mass is 19.4. The van der Waals surface area contributed by atoms with E-state index in [0.29, 0.717) is 45.5 Å². The maximum absolute atomic E-state index is 14.0. The van der Waals surface area contributed by atoms with Crippen LogP contribution in [0.4, 0.5) is 119 Å². The Morgan fingerprint density at radius 1 is 0.205 bits per heavy atom. The molecule has 5 nitrogen and oxygen atoms in total. The van der Waals surface area contributed by atoms with Crippen molar-refractivity contribution in [3.8, 4) is 84.4 Å². The lowest BCUT2D eigenvalue weighted by Gasteiger charge is -2.12. The summed E-state index contributed by atoms with van der Waals surface area (Å²) < 4.78 is 372. The predicted octanol–water partition coefficient (Wildman–Crippen LogP) is 28.6. The van der Waals surface area contributed by atoms with Gasteiger partial charge >= 0.3 is 30.9 Å². The molecular weight excluding hydrogens is 1610 g/mol. The smallest absolute Gasteiger partial charge is 0.389 e. The van der Waals surface area contributed by atoms with Crippen LogP contribution in [0.15, 0.2) is 170 Å². The summed E-state index contributed by atoms with van der Waals surface area (Å²) in [5, 5.41) is 0. The molecule has 117 heavy (non-hydrogen) atoms. The van der Waals surface area contributed by atoms with Crippen molar-refractivity contribution in [3.63, 3.8) is 0 Å². The molecule has 10 rings (SSSR count). The van der Waals surface area contributed by atoms with E-state index < -0.39 is 188 Å². The van der Waals surface area contributed by atoms with Gasteiger partial charge in [0.2, 0.25) is 0 Å². The van der Waals surface area contributed by atoms with Crippen molar-refractivity contribution in [3.05, 3.63) is 267 Å². The van der Waals surface area contributed by atoms with Gasteiger partial charge in [0.1, 0.15) is 23.3 Å². The first-order valence-corrected chi connectivity index (χ1v) is 35.3. The molecule has 0 spiro atoms. The molecule has 0 aromatic heterocycles. The van der Waals surface area contributed by atoms with E-state index in [1.165, 1.54) is 49.4 Å². The summed E-state index contributed by atoms with van der Waals surface area (Å²) in [4.78, 5) is 0. The van der Waals surface area contributed by atoms with Crippen molar-refractivity contribution >= 4 is 0 Å². The second kappa shape index (κ2) is 43.0. The molecule has 10 aromatic carbocycles. The van der Waals surface area contributed by atoms with E-state index in [0.717, 1.165) is 64.7 Å². The van der Waals surface area contributed by atoms with Crippen LogP contribution in [0.1, 0.15) is 92.0 Å². The number of alkyl halides is 15. The number of rotatable bonds is 25. The Morgan fingerprint density at radius 3 is 0.769 bits per heavy atom.